The molecule has 34 heavy (non-hydrogen) atoms. The third-order valence-corrected chi connectivity index (χ3v) is 7.50. The lowest BCUT2D eigenvalue weighted by molar-refractivity contribution is 0.0600. The number of carbonyl (C=O) groups is 1. The molecule has 5 rings (SSSR count). The quantitative estimate of drug-likeness (QED) is 0.406. The lowest BCUT2D eigenvalue weighted by atomic mass is 9.95. The summed E-state index contributed by atoms with van der Waals surface area (Å²) in [6.07, 6.45) is 6.64. The van der Waals surface area contributed by atoms with Gasteiger partial charge < -0.3 is 19.5 Å². The number of thiocarbonyl (C=S) groups is 1. The molecule has 1 saturated heterocycles. The van der Waals surface area contributed by atoms with Crippen molar-refractivity contribution in [2.24, 2.45) is 0 Å². The number of hydrogen-bond donors (Lipinski definition) is 1. The number of esters is 1. The molecule has 6 nitrogen and oxygen atoms in total. The van der Waals surface area contributed by atoms with Crippen LogP contribution in [0.15, 0.2) is 54.7 Å². The summed E-state index contributed by atoms with van der Waals surface area (Å²) in [6.45, 7) is 4.26. The molecule has 0 spiro atoms. The van der Waals surface area contributed by atoms with Gasteiger partial charge in [-0.25, -0.2) is 4.79 Å². The molecular formula is C27H30N4O2S. The largest absolute Gasteiger partial charge is 0.465 e. The maximum atomic E-state index is 12.1. The first-order valence-electron chi connectivity index (χ1n) is 11.9. The van der Waals surface area contributed by atoms with E-state index in [4.69, 9.17) is 17.0 Å². The number of hydrogen-bond acceptors (Lipinski definition) is 4. The van der Waals surface area contributed by atoms with Crippen LogP contribution in [0.1, 0.15) is 70.8 Å². The summed E-state index contributed by atoms with van der Waals surface area (Å²) in [7, 11) is 1.41. The van der Waals surface area contributed by atoms with Crippen molar-refractivity contribution in [1.82, 2.24) is 19.8 Å². The fraction of sp³-hybridized carbons (Fsp3) is 0.370. The second kappa shape index (κ2) is 9.22. The molecule has 0 amide bonds. The van der Waals surface area contributed by atoms with E-state index in [0.29, 0.717) is 11.6 Å². The van der Waals surface area contributed by atoms with E-state index in [1.54, 1.807) is 6.07 Å². The zero-order valence-corrected chi connectivity index (χ0v) is 20.6. The lowest BCUT2D eigenvalue weighted by Gasteiger charge is -2.33. The van der Waals surface area contributed by atoms with Crippen LogP contribution in [0.4, 0.5) is 0 Å². The third kappa shape index (κ3) is 3.88. The fourth-order valence-corrected chi connectivity index (χ4v) is 6.04. The van der Waals surface area contributed by atoms with E-state index >= 15 is 0 Å². The van der Waals surface area contributed by atoms with E-state index in [0.717, 1.165) is 40.7 Å². The highest BCUT2D eigenvalue weighted by molar-refractivity contribution is 7.80. The molecule has 7 heteroatoms. The Morgan fingerprint density at radius 2 is 1.91 bits per heavy atom. The Labute approximate surface area is 205 Å². The molecule has 1 saturated carbocycles. The molecule has 176 valence electrons. The summed E-state index contributed by atoms with van der Waals surface area (Å²) in [5.41, 5.74) is 5.96. The van der Waals surface area contributed by atoms with Crippen LogP contribution in [-0.2, 0) is 4.74 Å². The fourth-order valence-electron chi connectivity index (χ4n) is 5.65. The Morgan fingerprint density at radius 3 is 2.62 bits per heavy atom. The van der Waals surface area contributed by atoms with Crippen LogP contribution in [0.25, 0.3) is 5.69 Å². The topological polar surface area (TPSA) is 59.4 Å². The SMILES string of the molecule is COC(=O)c1cccc(-n2c(C)cc(C3C(c4ccccn4)NC(=S)N3C3CCCC3)c2C)c1. The summed E-state index contributed by atoms with van der Waals surface area (Å²) in [5, 5.41) is 4.41. The molecule has 1 aliphatic heterocycles. The van der Waals surface area contributed by atoms with Crippen molar-refractivity contribution in [1.29, 1.82) is 0 Å². The summed E-state index contributed by atoms with van der Waals surface area (Å²) in [5.74, 6) is -0.336. The van der Waals surface area contributed by atoms with Crippen LogP contribution in [0, 0.1) is 13.8 Å². The van der Waals surface area contributed by atoms with Crippen LogP contribution < -0.4 is 5.32 Å². The van der Waals surface area contributed by atoms with Gasteiger partial charge in [-0.15, -0.1) is 0 Å². The van der Waals surface area contributed by atoms with Crippen LogP contribution in [0.3, 0.4) is 0 Å². The van der Waals surface area contributed by atoms with E-state index in [1.165, 1.54) is 25.5 Å². The van der Waals surface area contributed by atoms with Crippen molar-refractivity contribution in [3.05, 3.63) is 82.9 Å². The lowest BCUT2D eigenvalue weighted by Crippen LogP contribution is -2.37. The number of ether oxygens (including phenoxy) is 1. The second-order valence-electron chi connectivity index (χ2n) is 9.18. The Balaban J connectivity index is 1.62. The minimum Gasteiger partial charge on any atom is -0.465 e. The van der Waals surface area contributed by atoms with Gasteiger partial charge in [0.05, 0.1) is 30.5 Å². The number of methoxy groups -OCH3 is 1. The molecule has 0 radical (unpaired) electrons. The molecular weight excluding hydrogens is 444 g/mol. The molecule has 2 unspecified atom stereocenters. The van der Waals surface area contributed by atoms with Gasteiger partial charge in [0.25, 0.3) is 0 Å². The van der Waals surface area contributed by atoms with E-state index < -0.39 is 0 Å². The monoisotopic (exact) mass is 474 g/mol. The van der Waals surface area contributed by atoms with Gasteiger partial charge in [-0.3, -0.25) is 4.98 Å². The number of nitrogens with one attached hydrogen (secondary N) is 1. The average Bonchev–Trinajstić information content (AvgIpc) is 3.56. The smallest absolute Gasteiger partial charge is 0.337 e. The molecule has 2 aliphatic rings. The standard InChI is InChI=1S/C27H30N4O2S/c1-17-15-22(18(2)30(17)21-12-8-9-19(16-21)26(32)33-3)25-24(23-13-6-7-14-28-23)29-27(34)31(25)20-10-4-5-11-20/h6-9,12-16,20,24-25H,4-5,10-11H2,1-3H3,(H,29,34). The molecule has 2 aromatic heterocycles. The Kier molecular flexibility index (Phi) is 6.13. The number of carbonyl (C=O) groups excluding carboxylic acids is 1. The molecule has 2 fully saturated rings. The van der Waals surface area contributed by atoms with E-state index in [-0.39, 0.29) is 18.1 Å². The van der Waals surface area contributed by atoms with Crippen molar-refractivity contribution in [2.45, 2.75) is 57.7 Å². The number of aromatic nitrogens is 2. The number of rotatable bonds is 5. The van der Waals surface area contributed by atoms with Gasteiger partial charge in [-0.05, 0) is 80.9 Å². The van der Waals surface area contributed by atoms with Crippen molar-refractivity contribution >= 4 is 23.3 Å². The van der Waals surface area contributed by atoms with Gasteiger partial charge >= 0.3 is 5.97 Å². The molecule has 1 aliphatic carbocycles. The first-order valence-corrected chi connectivity index (χ1v) is 12.3. The van der Waals surface area contributed by atoms with Crippen LogP contribution in [0.5, 0.6) is 0 Å². The number of aryl methyl sites for hydroxylation is 1. The molecule has 3 aromatic rings. The molecule has 1 aromatic carbocycles. The van der Waals surface area contributed by atoms with Crippen molar-refractivity contribution in [2.75, 3.05) is 7.11 Å². The minimum atomic E-state index is -0.336. The van der Waals surface area contributed by atoms with E-state index in [1.807, 2.05) is 36.5 Å². The van der Waals surface area contributed by atoms with E-state index in [9.17, 15) is 4.79 Å². The Hall–Kier alpha value is -3.19. The number of benzene rings is 1. The van der Waals surface area contributed by atoms with Gasteiger partial charge in [-0.2, -0.15) is 0 Å². The normalized spacial score (nSPS) is 20.6. The Bertz CT molecular complexity index is 1220. The first-order chi connectivity index (χ1) is 16.5. The zero-order chi connectivity index (χ0) is 23.8. The molecule has 2 atom stereocenters. The van der Waals surface area contributed by atoms with Crippen LogP contribution >= 0.6 is 12.2 Å². The van der Waals surface area contributed by atoms with E-state index in [2.05, 4.69) is 45.7 Å². The molecule has 3 heterocycles. The van der Waals surface area contributed by atoms with Crippen molar-refractivity contribution < 1.29 is 9.53 Å². The highest BCUT2D eigenvalue weighted by atomic mass is 32.1. The molecule has 1 N–H and O–H groups in total. The van der Waals surface area contributed by atoms with Gasteiger partial charge in [0, 0.05) is 29.3 Å². The minimum absolute atomic E-state index is 0.0235. The molecule has 0 bridgehead atoms. The maximum Gasteiger partial charge on any atom is 0.337 e. The average molecular weight is 475 g/mol. The third-order valence-electron chi connectivity index (χ3n) is 7.17. The summed E-state index contributed by atoms with van der Waals surface area (Å²) in [4.78, 5) is 19.3. The number of nitrogens with zero attached hydrogens (tertiary/aromatic N) is 3. The van der Waals surface area contributed by atoms with Crippen LogP contribution in [-0.4, -0.2) is 38.7 Å². The Morgan fingerprint density at radius 1 is 1.12 bits per heavy atom. The highest BCUT2D eigenvalue weighted by Gasteiger charge is 2.44. The predicted molar refractivity (Wildman–Crippen MR) is 136 cm³/mol. The van der Waals surface area contributed by atoms with Crippen LogP contribution in [0.2, 0.25) is 0 Å². The van der Waals surface area contributed by atoms with Crippen molar-refractivity contribution in [3.8, 4) is 5.69 Å². The van der Waals surface area contributed by atoms with Gasteiger partial charge in [0.1, 0.15) is 0 Å². The van der Waals surface area contributed by atoms with Gasteiger partial charge in [0.15, 0.2) is 5.11 Å². The number of pyridine rings is 1. The zero-order valence-electron chi connectivity index (χ0n) is 19.8. The predicted octanol–water partition coefficient (Wildman–Crippen LogP) is 5.19. The first kappa shape index (κ1) is 22.6. The van der Waals surface area contributed by atoms with Gasteiger partial charge in [0.2, 0.25) is 0 Å². The second-order valence-corrected chi connectivity index (χ2v) is 9.56. The summed E-state index contributed by atoms with van der Waals surface area (Å²) < 4.78 is 7.15. The summed E-state index contributed by atoms with van der Waals surface area (Å²) >= 11 is 5.90. The highest BCUT2D eigenvalue weighted by Crippen LogP contribution is 2.44. The summed E-state index contributed by atoms with van der Waals surface area (Å²) in [6, 6.07) is 16.4. The maximum absolute atomic E-state index is 12.1. The van der Waals surface area contributed by atoms with Gasteiger partial charge in [-0.1, -0.05) is 25.0 Å². The van der Waals surface area contributed by atoms with Crippen molar-refractivity contribution in [3.63, 3.8) is 0 Å².